The Morgan fingerprint density at radius 2 is 1.88 bits per heavy atom. The zero-order valence-electron chi connectivity index (χ0n) is 11.1. The molecule has 0 bridgehead atoms. The minimum Gasteiger partial charge on any atom is -0.312 e. The first-order valence-corrected chi connectivity index (χ1v) is 8.52. The Morgan fingerprint density at radius 3 is 2.47 bits per heavy atom. The average Bonchev–Trinajstić information content (AvgIpc) is 2.30. The zero-order valence-corrected chi connectivity index (χ0v) is 11.9. The fraction of sp³-hybridized carbons (Fsp3) is 1.00. The molecule has 0 saturated carbocycles. The lowest BCUT2D eigenvalue weighted by atomic mass is 10.1. The Bertz CT molecular complexity index is 298. The second-order valence-corrected chi connectivity index (χ2v) is 7.43. The van der Waals surface area contributed by atoms with Crippen LogP contribution in [0.4, 0.5) is 0 Å². The van der Waals surface area contributed by atoms with Crippen molar-refractivity contribution < 1.29 is 8.42 Å². The normalized spacial score (nSPS) is 20.4. The van der Waals surface area contributed by atoms with Gasteiger partial charge in [0.1, 0.15) is 0 Å². The molecule has 1 heterocycles. The van der Waals surface area contributed by atoms with Gasteiger partial charge < -0.3 is 10.2 Å². The fourth-order valence-corrected chi connectivity index (χ4v) is 2.92. The summed E-state index contributed by atoms with van der Waals surface area (Å²) in [7, 11) is -2.82. The molecule has 1 aliphatic rings. The van der Waals surface area contributed by atoms with Gasteiger partial charge in [0.05, 0.1) is 5.75 Å². The molecule has 102 valence electrons. The van der Waals surface area contributed by atoms with Gasteiger partial charge in [-0.2, -0.15) is 0 Å². The molecule has 1 saturated heterocycles. The molecule has 0 amide bonds. The quantitative estimate of drug-likeness (QED) is 0.740. The van der Waals surface area contributed by atoms with Gasteiger partial charge in [0.25, 0.3) is 0 Å². The van der Waals surface area contributed by atoms with Gasteiger partial charge in [-0.15, -0.1) is 0 Å². The van der Waals surface area contributed by atoms with E-state index in [1.54, 1.807) is 6.92 Å². The van der Waals surface area contributed by atoms with Gasteiger partial charge in [-0.25, -0.2) is 8.42 Å². The van der Waals surface area contributed by atoms with Gasteiger partial charge in [-0.05, 0) is 32.9 Å². The van der Waals surface area contributed by atoms with Crippen LogP contribution < -0.4 is 5.32 Å². The van der Waals surface area contributed by atoms with Crippen LogP contribution in [-0.4, -0.2) is 57.0 Å². The van der Waals surface area contributed by atoms with Crippen molar-refractivity contribution in [1.82, 2.24) is 10.2 Å². The fourth-order valence-electron chi connectivity index (χ4n) is 2.20. The second-order valence-electron chi connectivity index (χ2n) is 4.95. The van der Waals surface area contributed by atoms with Crippen molar-refractivity contribution in [2.45, 2.75) is 39.2 Å². The third-order valence-electron chi connectivity index (χ3n) is 3.33. The lowest BCUT2D eigenvalue weighted by Gasteiger charge is -2.29. The van der Waals surface area contributed by atoms with Gasteiger partial charge in [0.2, 0.25) is 0 Å². The van der Waals surface area contributed by atoms with Crippen molar-refractivity contribution in [2.24, 2.45) is 0 Å². The smallest absolute Gasteiger partial charge is 0.151 e. The first-order valence-electron chi connectivity index (χ1n) is 6.69. The Labute approximate surface area is 106 Å². The highest BCUT2D eigenvalue weighted by Gasteiger charge is 2.13. The minimum absolute atomic E-state index is 0.245. The largest absolute Gasteiger partial charge is 0.312 e. The number of hydrogen-bond acceptors (Lipinski definition) is 4. The third kappa shape index (κ3) is 6.38. The first kappa shape index (κ1) is 14.9. The molecule has 0 spiro atoms. The SMILES string of the molecule is CCS(=O)(=O)CCNC(C)CN1CCCCC1. The lowest BCUT2D eigenvalue weighted by molar-refractivity contribution is 0.210. The number of nitrogens with zero attached hydrogens (tertiary/aromatic N) is 1. The molecule has 17 heavy (non-hydrogen) atoms. The van der Waals surface area contributed by atoms with E-state index in [-0.39, 0.29) is 11.5 Å². The summed E-state index contributed by atoms with van der Waals surface area (Å²) in [5.41, 5.74) is 0. The number of likely N-dealkylation sites (tertiary alicyclic amines) is 1. The van der Waals surface area contributed by atoms with Crippen LogP contribution in [0.2, 0.25) is 0 Å². The summed E-state index contributed by atoms with van der Waals surface area (Å²) >= 11 is 0. The number of piperidine rings is 1. The van der Waals surface area contributed by atoms with Gasteiger partial charge in [0, 0.05) is 24.9 Å². The Morgan fingerprint density at radius 1 is 1.24 bits per heavy atom. The Balaban J connectivity index is 2.14. The van der Waals surface area contributed by atoms with Crippen LogP contribution in [-0.2, 0) is 9.84 Å². The van der Waals surface area contributed by atoms with Crippen molar-refractivity contribution in [1.29, 1.82) is 0 Å². The summed E-state index contributed by atoms with van der Waals surface area (Å²) in [6.45, 7) is 7.83. The summed E-state index contributed by atoms with van der Waals surface area (Å²) in [6, 6.07) is 0.375. The number of sulfone groups is 1. The van der Waals surface area contributed by atoms with Gasteiger partial charge in [-0.3, -0.25) is 0 Å². The highest BCUT2D eigenvalue weighted by Crippen LogP contribution is 2.08. The molecule has 0 radical (unpaired) electrons. The molecule has 1 atom stereocenters. The predicted octanol–water partition coefficient (Wildman–Crippen LogP) is 0.885. The highest BCUT2D eigenvalue weighted by atomic mass is 32.2. The van der Waals surface area contributed by atoms with Crippen LogP contribution in [0.15, 0.2) is 0 Å². The van der Waals surface area contributed by atoms with Crippen LogP contribution in [0, 0.1) is 0 Å². The van der Waals surface area contributed by atoms with Crippen LogP contribution in [0.5, 0.6) is 0 Å². The maximum atomic E-state index is 11.3. The van der Waals surface area contributed by atoms with E-state index in [2.05, 4.69) is 17.1 Å². The maximum Gasteiger partial charge on any atom is 0.151 e. The lowest BCUT2D eigenvalue weighted by Crippen LogP contribution is -2.42. The molecule has 1 fully saturated rings. The van der Waals surface area contributed by atoms with Gasteiger partial charge >= 0.3 is 0 Å². The van der Waals surface area contributed by atoms with E-state index in [1.807, 2.05) is 0 Å². The average molecular weight is 262 g/mol. The van der Waals surface area contributed by atoms with Crippen LogP contribution in [0.25, 0.3) is 0 Å². The molecule has 0 aliphatic carbocycles. The molecular weight excluding hydrogens is 236 g/mol. The summed E-state index contributed by atoms with van der Waals surface area (Å²) in [5, 5.41) is 3.30. The van der Waals surface area contributed by atoms with E-state index in [4.69, 9.17) is 0 Å². The van der Waals surface area contributed by atoms with Crippen molar-refractivity contribution in [3.63, 3.8) is 0 Å². The molecule has 0 aromatic carbocycles. The molecule has 0 aromatic heterocycles. The van der Waals surface area contributed by atoms with Crippen molar-refractivity contribution in [3.05, 3.63) is 0 Å². The van der Waals surface area contributed by atoms with E-state index in [0.717, 1.165) is 6.54 Å². The maximum absolute atomic E-state index is 11.3. The summed E-state index contributed by atoms with van der Waals surface area (Å²) < 4.78 is 22.6. The van der Waals surface area contributed by atoms with E-state index in [0.29, 0.717) is 12.6 Å². The van der Waals surface area contributed by atoms with Gasteiger partial charge in [-0.1, -0.05) is 13.3 Å². The van der Waals surface area contributed by atoms with Crippen LogP contribution >= 0.6 is 0 Å². The molecule has 4 nitrogen and oxygen atoms in total. The number of rotatable bonds is 7. The topological polar surface area (TPSA) is 49.4 Å². The summed E-state index contributed by atoms with van der Waals surface area (Å²) in [6.07, 6.45) is 3.96. The van der Waals surface area contributed by atoms with Crippen molar-refractivity contribution in [2.75, 3.05) is 37.7 Å². The number of nitrogens with one attached hydrogen (secondary N) is 1. The number of hydrogen-bond donors (Lipinski definition) is 1. The van der Waals surface area contributed by atoms with Gasteiger partial charge in [0.15, 0.2) is 9.84 Å². The van der Waals surface area contributed by atoms with Crippen LogP contribution in [0.3, 0.4) is 0 Å². The first-order chi connectivity index (χ1) is 8.03. The molecule has 1 rings (SSSR count). The Hall–Kier alpha value is -0.130. The van der Waals surface area contributed by atoms with Crippen LogP contribution in [0.1, 0.15) is 33.1 Å². The highest BCUT2D eigenvalue weighted by molar-refractivity contribution is 7.91. The minimum atomic E-state index is -2.82. The Kier molecular flexibility index (Phi) is 6.44. The van der Waals surface area contributed by atoms with E-state index < -0.39 is 9.84 Å². The molecule has 1 unspecified atom stereocenters. The van der Waals surface area contributed by atoms with E-state index >= 15 is 0 Å². The molecule has 1 N–H and O–H groups in total. The molecule has 5 heteroatoms. The standard InChI is InChI=1S/C12H26N2O2S/c1-3-17(15,16)10-7-13-12(2)11-14-8-5-4-6-9-14/h12-13H,3-11H2,1-2H3. The third-order valence-corrected chi connectivity index (χ3v) is 5.03. The summed E-state index contributed by atoms with van der Waals surface area (Å²) in [4.78, 5) is 2.47. The van der Waals surface area contributed by atoms with Crippen molar-refractivity contribution >= 4 is 9.84 Å². The molecular formula is C12H26N2O2S. The monoisotopic (exact) mass is 262 g/mol. The molecule has 1 aliphatic heterocycles. The van der Waals surface area contributed by atoms with E-state index in [1.165, 1.54) is 32.4 Å². The molecule has 0 aromatic rings. The summed E-state index contributed by atoms with van der Waals surface area (Å²) in [5.74, 6) is 0.503. The van der Waals surface area contributed by atoms with E-state index in [9.17, 15) is 8.42 Å². The second kappa shape index (κ2) is 7.34. The van der Waals surface area contributed by atoms with Crippen molar-refractivity contribution in [3.8, 4) is 0 Å². The zero-order chi connectivity index (χ0) is 12.7. The predicted molar refractivity (Wildman–Crippen MR) is 72.1 cm³/mol.